The number of nitrogens with two attached hydrogens (primary N) is 2. The summed E-state index contributed by atoms with van der Waals surface area (Å²) in [6.45, 7) is 12.7. The van der Waals surface area contributed by atoms with Crippen LogP contribution in [0.3, 0.4) is 0 Å². The number of aromatic amines is 2. The van der Waals surface area contributed by atoms with Crippen LogP contribution in [0.15, 0.2) is 48.8 Å². The predicted octanol–water partition coefficient (Wildman–Crippen LogP) is 5.38. The Morgan fingerprint density at radius 2 is 1.05 bits per heavy atom. The minimum absolute atomic E-state index is 0.0222. The maximum Gasteiger partial charge on any atom is 0.412 e. The quantitative estimate of drug-likeness (QED) is 0.0520. The molecule has 4 rings (SSSR count). The van der Waals surface area contributed by atoms with E-state index in [1.807, 2.05) is 39.8 Å². The molecule has 8 N–H and O–H groups in total. The lowest BCUT2D eigenvalue weighted by Gasteiger charge is -2.25. The van der Waals surface area contributed by atoms with Gasteiger partial charge in [-0.3, -0.25) is 10.6 Å². The smallest absolute Gasteiger partial charge is 0.385 e. The summed E-state index contributed by atoms with van der Waals surface area (Å²) in [6, 6.07) is 9.92. The van der Waals surface area contributed by atoms with Gasteiger partial charge < -0.3 is 40.4 Å². The van der Waals surface area contributed by atoms with Gasteiger partial charge >= 0.3 is 24.1 Å². The second kappa shape index (κ2) is 20.0. The van der Waals surface area contributed by atoms with Gasteiger partial charge in [0, 0.05) is 33.0 Å². The van der Waals surface area contributed by atoms with Crippen LogP contribution in [0.2, 0.25) is 0 Å². The van der Waals surface area contributed by atoms with Crippen molar-refractivity contribution in [2.45, 2.75) is 78.6 Å². The summed E-state index contributed by atoms with van der Waals surface area (Å²) in [5, 5.41) is 6.55. The van der Waals surface area contributed by atoms with Crippen LogP contribution in [0.1, 0.15) is 75.4 Å². The van der Waals surface area contributed by atoms with Crippen LogP contribution in [0, 0.1) is 25.7 Å². The number of ether oxygens (including phenoxy) is 4. The highest BCUT2D eigenvalue weighted by Crippen LogP contribution is 2.34. The number of benzene rings is 2. The van der Waals surface area contributed by atoms with Crippen molar-refractivity contribution in [2.24, 2.45) is 23.3 Å². The van der Waals surface area contributed by atoms with Crippen LogP contribution in [0.25, 0.3) is 33.6 Å². The number of esters is 2. The number of rotatable bonds is 19. The third-order valence-electron chi connectivity index (χ3n) is 9.65. The molecule has 2 unspecified atom stereocenters. The normalized spacial score (nSPS) is 13.7. The zero-order valence-corrected chi connectivity index (χ0v) is 33.2. The van der Waals surface area contributed by atoms with Crippen molar-refractivity contribution in [3.63, 3.8) is 0 Å². The third-order valence-corrected chi connectivity index (χ3v) is 9.65. The van der Waals surface area contributed by atoms with Crippen molar-refractivity contribution in [3.05, 3.63) is 71.6 Å². The number of imidazole rings is 2. The van der Waals surface area contributed by atoms with Crippen molar-refractivity contribution in [3.8, 4) is 33.6 Å². The van der Waals surface area contributed by atoms with E-state index in [1.54, 1.807) is 12.4 Å². The monoisotopic (exact) mass is 774 g/mol. The molecule has 0 radical (unpaired) electrons. The van der Waals surface area contributed by atoms with E-state index in [2.05, 4.69) is 78.2 Å². The lowest BCUT2D eigenvalue weighted by Crippen LogP contribution is -2.44. The molecule has 2 aromatic carbocycles. The van der Waals surface area contributed by atoms with Crippen molar-refractivity contribution in [2.75, 3.05) is 27.4 Å². The summed E-state index contributed by atoms with van der Waals surface area (Å²) in [7, 11) is 3.05. The molecule has 0 aliphatic rings. The van der Waals surface area contributed by atoms with E-state index in [-0.39, 0.29) is 50.0 Å². The van der Waals surface area contributed by atoms with Gasteiger partial charge in [-0.2, -0.15) is 0 Å². The van der Waals surface area contributed by atoms with Gasteiger partial charge in [-0.15, -0.1) is 0 Å². The number of carbonyl (C=O) groups is 4. The second-order valence-electron chi connectivity index (χ2n) is 14.3. The molecule has 4 atom stereocenters. The highest BCUT2D eigenvalue weighted by Gasteiger charge is 2.30. The summed E-state index contributed by atoms with van der Waals surface area (Å²) in [4.78, 5) is 63.9. The maximum absolute atomic E-state index is 12.6. The van der Waals surface area contributed by atoms with Gasteiger partial charge in [0.1, 0.15) is 23.7 Å². The van der Waals surface area contributed by atoms with Gasteiger partial charge in [-0.05, 0) is 66.3 Å². The van der Waals surface area contributed by atoms with E-state index in [4.69, 9.17) is 20.9 Å². The number of H-pyrrole nitrogens is 2. The largest absolute Gasteiger partial charge is 0.412 e. The average molecular weight is 775 g/mol. The highest BCUT2D eigenvalue weighted by molar-refractivity contribution is 5.87. The fourth-order valence-electron chi connectivity index (χ4n) is 6.49. The molecule has 0 saturated carbocycles. The molecule has 0 bridgehead atoms. The summed E-state index contributed by atoms with van der Waals surface area (Å²) in [5.41, 5.74) is 18.0. The van der Waals surface area contributed by atoms with Gasteiger partial charge in [-0.1, -0.05) is 64.1 Å². The minimum atomic E-state index is -1.17. The Hall–Kier alpha value is -5.42. The van der Waals surface area contributed by atoms with Crippen LogP contribution in [0.5, 0.6) is 0 Å². The van der Waals surface area contributed by atoms with Crippen molar-refractivity contribution in [1.29, 1.82) is 0 Å². The molecule has 4 aromatic rings. The van der Waals surface area contributed by atoms with E-state index >= 15 is 0 Å². The summed E-state index contributed by atoms with van der Waals surface area (Å²) < 4.78 is 19.7. The molecule has 16 heteroatoms. The Bertz CT molecular complexity index is 1960. The first-order valence-electron chi connectivity index (χ1n) is 18.5. The zero-order chi connectivity index (χ0) is 41.1. The number of hydrogen-bond acceptors (Lipinski definition) is 12. The zero-order valence-electron chi connectivity index (χ0n) is 33.2. The average Bonchev–Trinajstić information content (AvgIpc) is 3.83. The Morgan fingerprint density at radius 3 is 1.50 bits per heavy atom. The first kappa shape index (κ1) is 43.3. The van der Waals surface area contributed by atoms with Crippen molar-refractivity contribution < 1.29 is 38.1 Å². The fourth-order valence-corrected chi connectivity index (χ4v) is 6.49. The summed E-state index contributed by atoms with van der Waals surface area (Å²) in [6.07, 6.45) is 1.75. The van der Waals surface area contributed by atoms with Crippen LogP contribution < -0.4 is 22.1 Å². The van der Waals surface area contributed by atoms with E-state index in [0.29, 0.717) is 11.6 Å². The Labute approximate surface area is 326 Å². The van der Waals surface area contributed by atoms with E-state index in [0.717, 1.165) is 44.8 Å². The summed E-state index contributed by atoms with van der Waals surface area (Å²) >= 11 is 0. The molecule has 56 heavy (non-hydrogen) atoms. The van der Waals surface area contributed by atoms with Crippen LogP contribution in [0.4, 0.5) is 9.59 Å². The number of hydrogen-bond donors (Lipinski definition) is 6. The van der Waals surface area contributed by atoms with Gasteiger partial charge in [-0.25, -0.2) is 29.1 Å². The first-order valence-corrected chi connectivity index (χ1v) is 18.5. The van der Waals surface area contributed by atoms with Gasteiger partial charge in [0.05, 0.1) is 35.9 Å². The predicted molar refractivity (Wildman–Crippen MR) is 210 cm³/mol. The topological polar surface area (TPSA) is 239 Å². The number of nitrogens with one attached hydrogen (secondary N) is 4. The Kier molecular flexibility index (Phi) is 15.4. The molecular weight excluding hydrogens is 720 g/mol. The molecule has 302 valence electrons. The minimum Gasteiger partial charge on any atom is -0.385 e. The van der Waals surface area contributed by atoms with Crippen LogP contribution in [-0.4, -0.2) is 83.6 Å². The van der Waals surface area contributed by atoms with Crippen LogP contribution >= 0.6 is 0 Å². The van der Waals surface area contributed by atoms with E-state index in [1.165, 1.54) is 14.2 Å². The number of amides is 2. The molecule has 0 spiro atoms. The standard InChI is InChI=1S/C40H54N8O8/c1-21(2)33(45-29(15-17-53-7)37(49)55-39(41)51)35-43-19-31(47-35)26-11-9-25(10-12-26)27-13-14-28(24(6)23(27)5)32-20-44-36(48-32)34(22(3)4)46-30(16-18-54-8)38(50)56-40(42)52/h9-14,19-22,29-30,33-34,45-46H,15-18H2,1-8H3,(H2,41,51)(H2,42,52)(H,43,47)(H,44,48)/t29?,30?,33-,34-/m1/s1. The number of methoxy groups -OCH3 is 2. The third kappa shape index (κ3) is 11.1. The summed E-state index contributed by atoms with van der Waals surface area (Å²) in [5.74, 6) is -0.245. The van der Waals surface area contributed by atoms with Gasteiger partial charge in [0.25, 0.3) is 0 Å². The lowest BCUT2D eigenvalue weighted by molar-refractivity contribution is -0.141. The lowest BCUT2D eigenvalue weighted by atomic mass is 9.92. The van der Waals surface area contributed by atoms with Crippen molar-refractivity contribution in [1.82, 2.24) is 30.6 Å². The van der Waals surface area contributed by atoms with Gasteiger partial charge in [0.15, 0.2) is 0 Å². The number of nitrogens with zero attached hydrogens (tertiary/aromatic N) is 2. The molecule has 0 saturated heterocycles. The van der Waals surface area contributed by atoms with Crippen molar-refractivity contribution >= 4 is 24.1 Å². The highest BCUT2D eigenvalue weighted by atomic mass is 16.6. The molecule has 0 fully saturated rings. The molecular formula is C40H54N8O8. The fraction of sp³-hybridized carbons (Fsp3) is 0.450. The molecule has 2 heterocycles. The first-order chi connectivity index (χ1) is 26.6. The molecule has 16 nitrogen and oxygen atoms in total. The number of primary amides is 2. The van der Waals surface area contributed by atoms with Gasteiger partial charge in [0.2, 0.25) is 0 Å². The molecule has 0 aliphatic heterocycles. The molecule has 2 aromatic heterocycles. The van der Waals surface area contributed by atoms with Crippen LogP contribution in [-0.2, 0) is 28.5 Å². The van der Waals surface area contributed by atoms with E-state index in [9.17, 15) is 19.2 Å². The Balaban J connectivity index is 1.53. The maximum atomic E-state index is 12.6. The second-order valence-corrected chi connectivity index (χ2v) is 14.3. The molecule has 0 aliphatic carbocycles. The Morgan fingerprint density at radius 1 is 0.643 bits per heavy atom. The molecule has 2 amide bonds. The number of aromatic nitrogens is 4. The SMILES string of the molecule is COCCC(N[C@@H](c1ncc(-c2ccc(-c3ccc(-c4cnc([C@H](NC(CCOC)C(=O)OC(N)=O)C(C)C)[nH]4)c(C)c3C)cc2)[nH]1)C(C)C)C(=O)OC(N)=O. The van der Waals surface area contributed by atoms with E-state index < -0.39 is 36.2 Å². The number of carbonyl (C=O) groups excluding carboxylic acids is 4.